The number of nitrogens with zero attached hydrogens (tertiary/aromatic N) is 2. The van der Waals surface area contributed by atoms with Crippen LogP contribution in [0.1, 0.15) is 17.5 Å². The first-order valence-electron chi connectivity index (χ1n) is 10.9. The quantitative estimate of drug-likeness (QED) is 0.563. The van der Waals surface area contributed by atoms with Gasteiger partial charge in [-0.15, -0.1) is 0 Å². The van der Waals surface area contributed by atoms with E-state index in [-0.39, 0.29) is 24.2 Å². The second-order valence-corrected chi connectivity index (χ2v) is 7.96. The standard InChI is InChI=1S/C26H26FN3O3/c1-33-24-5-2-4-20(16-24)18-29-14-3-15-30(26(29)32)23-12-10-22(11-13-23)28-25(31)17-19-6-8-21(27)9-7-19/h2,4-13,16H,3,14-15,17-18H2,1H3,(H,28,31). The molecule has 0 aliphatic carbocycles. The topological polar surface area (TPSA) is 61.9 Å². The molecule has 1 aliphatic rings. The normalized spacial score (nSPS) is 13.7. The molecule has 6 nitrogen and oxygen atoms in total. The third-order valence-electron chi connectivity index (χ3n) is 5.56. The number of carbonyl (C=O) groups is 2. The van der Waals surface area contributed by atoms with Gasteiger partial charge in [-0.2, -0.15) is 0 Å². The Bertz CT molecular complexity index is 1120. The van der Waals surface area contributed by atoms with E-state index >= 15 is 0 Å². The molecule has 0 spiro atoms. The first-order valence-corrected chi connectivity index (χ1v) is 10.9. The molecule has 0 unspecified atom stereocenters. The Morgan fingerprint density at radius 2 is 1.76 bits per heavy atom. The molecule has 0 atom stereocenters. The number of hydrogen-bond donors (Lipinski definition) is 1. The lowest BCUT2D eigenvalue weighted by atomic mass is 10.1. The van der Waals surface area contributed by atoms with E-state index < -0.39 is 0 Å². The summed E-state index contributed by atoms with van der Waals surface area (Å²) in [5.41, 5.74) is 3.18. The molecule has 1 heterocycles. The molecule has 33 heavy (non-hydrogen) atoms. The van der Waals surface area contributed by atoms with Gasteiger partial charge in [-0.05, 0) is 66.1 Å². The Hall–Kier alpha value is -3.87. The highest BCUT2D eigenvalue weighted by Crippen LogP contribution is 2.24. The average molecular weight is 448 g/mol. The number of anilines is 2. The van der Waals surface area contributed by atoms with Crippen molar-refractivity contribution in [2.45, 2.75) is 19.4 Å². The van der Waals surface area contributed by atoms with Gasteiger partial charge in [0.05, 0.1) is 13.5 Å². The van der Waals surface area contributed by atoms with Gasteiger partial charge in [0.15, 0.2) is 0 Å². The fourth-order valence-electron chi connectivity index (χ4n) is 3.88. The minimum absolute atomic E-state index is 0.0443. The van der Waals surface area contributed by atoms with Gasteiger partial charge in [0.1, 0.15) is 11.6 Å². The van der Waals surface area contributed by atoms with Gasteiger partial charge < -0.3 is 15.0 Å². The Balaban J connectivity index is 1.37. The maximum absolute atomic E-state index is 13.1. The molecular weight excluding hydrogens is 421 g/mol. The highest BCUT2D eigenvalue weighted by Gasteiger charge is 2.26. The van der Waals surface area contributed by atoms with Crippen LogP contribution in [0.4, 0.5) is 20.6 Å². The zero-order chi connectivity index (χ0) is 23.2. The molecule has 0 bridgehead atoms. The lowest BCUT2D eigenvalue weighted by Crippen LogP contribution is -2.49. The fourth-order valence-corrected chi connectivity index (χ4v) is 3.88. The van der Waals surface area contributed by atoms with Crippen LogP contribution in [-0.2, 0) is 17.8 Å². The molecule has 0 saturated carbocycles. The molecule has 0 radical (unpaired) electrons. The summed E-state index contributed by atoms with van der Waals surface area (Å²) in [6.45, 7) is 1.86. The van der Waals surface area contributed by atoms with Crippen molar-refractivity contribution in [2.75, 3.05) is 30.4 Å². The molecule has 7 heteroatoms. The predicted molar refractivity (Wildman–Crippen MR) is 126 cm³/mol. The monoisotopic (exact) mass is 447 g/mol. The second-order valence-electron chi connectivity index (χ2n) is 7.96. The van der Waals surface area contributed by atoms with Crippen molar-refractivity contribution in [3.63, 3.8) is 0 Å². The van der Waals surface area contributed by atoms with Crippen LogP contribution in [0, 0.1) is 5.82 Å². The summed E-state index contributed by atoms with van der Waals surface area (Å²) in [7, 11) is 1.63. The van der Waals surface area contributed by atoms with Crippen LogP contribution in [0.25, 0.3) is 0 Å². The van der Waals surface area contributed by atoms with E-state index in [4.69, 9.17) is 4.74 Å². The van der Waals surface area contributed by atoms with Gasteiger partial charge in [0.25, 0.3) is 0 Å². The summed E-state index contributed by atoms with van der Waals surface area (Å²) in [6, 6.07) is 20.8. The summed E-state index contributed by atoms with van der Waals surface area (Å²) < 4.78 is 18.3. The number of rotatable bonds is 7. The minimum Gasteiger partial charge on any atom is -0.497 e. The van der Waals surface area contributed by atoms with Crippen molar-refractivity contribution in [3.8, 4) is 5.75 Å². The van der Waals surface area contributed by atoms with Gasteiger partial charge in [-0.1, -0.05) is 24.3 Å². The number of nitrogens with one attached hydrogen (secondary N) is 1. The summed E-state index contributed by atoms with van der Waals surface area (Å²) >= 11 is 0. The van der Waals surface area contributed by atoms with Gasteiger partial charge >= 0.3 is 6.03 Å². The van der Waals surface area contributed by atoms with Crippen LogP contribution in [0.5, 0.6) is 5.75 Å². The average Bonchev–Trinajstić information content (AvgIpc) is 2.83. The Kier molecular flexibility index (Phi) is 6.88. The van der Waals surface area contributed by atoms with Crippen LogP contribution in [0.2, 0.25) is 0 Å². The second kappa shape index (κ2) is 10.2. The molecule has 4 rings (SSSR count). The van der Waals surface area contributed by atoms with Crippen molar-refractivity contribution < 1.29 is 18.7 Å². The summed E-state index contributed by atoms with van der Waals surface area (Å²) in [6.07, 6.45) is 1.03. The molecule has 0 aromatic heterocycles. The van der Waals surface area contributed by atoms with E-state index in [1.165, 1.54) is 12.1 Å². The first-order chi connectivity index (χ1) is 16.0. The van der Waals surface area contributed by atoms with Crippen LogP contribution in [-0.4, -0.2) is 37.0 Å². The number of amides is 3. The molecule has 1 N–H and O–H groups in total. The van der Waals surface area contributed by atoms with E-state index in [9.17, 15) is 14.0 Å². The molecule has 1 fully saturated rings. The van der Waals surface area contributed by atoms with Crippen molar-refractivity contribution >= 4 is 23.3 Å². The molecular formula is C26H26FN3O3. The van der Waals surface area contributed by atoms with E-state index in [1.54, 1.807) is 36.3 Å². The number of carbonyl (C=O) groups excluding carboxylic acids is 2. The maximum atomic E-state index is 13.1. The SMILES string of the molecule is COc1cccc(CN2CCCN(c3ccc(NC(=O)Cc4ccc(F)cc4)cc3)C2=O)c1. The number of hydrogen-bond acceptors (Lipinski definition) is 3. The minimum atomic E-state index is -0.330. The number of urea groups is 1. The largest absolute Gasteiger partial charge is 0.497 e. The fraction of sp³-hybridized carbons (Fsp3) is 0.231. The van der Waals surface area contributed by atoms with Crippen LogP contribution < -0.4 is 15.0 Å². The summed E-state index contributed by atoms with van der Waals surface area (Å²) in [5, 5.41) is 2.84. The molecule has 3 amide bonds. The Morgan fingerprint density at radius 1 is 1.00 bits per heavy atom. The van der Waals surface area contributed by atoms with Crippen molar-refractivity contribution in [2.24, 2.45) is 0 Å². The van der Waals surface area contributed by atoms with Gasteiger partial charge in [0.2, 0.25) is 5.91 Å². The molecule has 3 aromatic carbocycles. The Labute approximate surface area is 192 Å². The molecule has 1 saturated heterocycles. The van der Waals surface area contributed by atoms with Gasteiger partial charge in [-0.25, -0.2) is 9.18 Å². The zero-order valence-electron chi connectivity index (χ0n) is 18.5. The number of halogens is 1. The van der Waals surface area contributed by atoms with E-state index in [1.807, 2.05) is 41.3 Å². The van der Waals surface area contributed by atoms with E-state index in [0.717, 1.165) is 29.0 Å². The summed E-state index contributed by atoms with van der Waals surface area (Å²) in [4.78, 5) is 29.0. The predicted octanol–water partition coefficient (Wildman–Crippen LogP) is 4.85. The first kappa shape index (κ1) is 22.3. The molecule has 3 aromatic rings. The highest BCUT2D eigenvalue weighted by molar-refractivity contribution is 5.94. The number of benzene rings is 3. The van der Waals surface area contributed by atoms with Crippen LogP contribution in [0.3, 0.4) is 0 Å². The zero-order valence-corrected chi connectivity index (χ0v) is 18.5. The van der Waals surface area contributed by atoms with E-state index in [2.05, 4.69) is 5.32 Å². The summed E-state index contributed by atoms with van der Waals surface area (Å²) in [5.74, 6) is 0.253. The lowest BCUT2D eigenvalue weighted by Gasteiger charge is -2.35. The van der Waals surface area contributed by atoms with Crippen molar-refractivity contribution in [1.29, 1.82) is 0 Å². The lowest BCUT2D eigenvalue weighted by molar-refractivity contribution is -0.115. The molecule has 170 valence electrons. The maximum Gasteiger partial charge on any atom is 0.324 e. The van der Waals surface area contributed by atoms with Crippen molar-refractivity contribution in [3.05, 3.63) is 89.7 Å². The number of ether oxygens (including phenoxy) is 1. The third-order valence-corrected chi connectivity index (χ3v) is 5.56. The van der Waals surface area contributed by atoms with Crippen LogP contribution in [0.15, 0.2) is 72.8 Å². The van der Waals surface area contributed by atoms with E-state index in [0.29, 0.717) is 25.3 Å². The number of methoxy groups -OCH3 is 1. The van der Waals surface area contributed by atoms with Gasteiger partial charge in [-0.3, -0.25) is 9.69 Å². The molecule has 1 aliphatic heterocycles. The Morgan fingerprint density at radius 3 is 2.48 bits per heavy atom. The van der Waals surface area contributed by atoms with Crippen molar-refractivity contribution in [1.82, 2.24) is 4.90 Å². The smallest absolute Gasteiger partial charge is 0.324 e. The van der Waals surface area contributed by atoms with Gasteiger partial charge in [0, 0.05) is 31.0 Å². The highest BCUT2D eigenvalue weighted by atomic mass is 19.1. The van der Waals surface area contributed by atoms with Crippen LogP contribution >= 0.6 is 0 Å². The third kappa shape index (κ3) is 5.68.